The van der Waals surface area contributed by atoms with E-state index in [1.165, 1.54) is 5.56 Å². The van der Waals surface area contributed by atoms with Crippen molar-refractivity contribution in [2.24, 2.45) is 5.10 Å². The van der Waals surface area contributed by atoms with Gasteiger partial charge in [-0.3, -0.25) is 5.43 Å². The molecule has 0 aliphatic carbocycles. The van der Waals surface area contributed by atoms with Gasteiger partial charge in [0, 0.05) is 0 Å². The molecule has 0 radical (unpaired) electrons. The summed E-state index contributed by atoms with van der Waals surface area (Å²) in [6.07, 6.45) is 1.86. The van der Waals surface area contributed by atoms with Crippen LogP contribution in [0, 0.1) is 6.92 Å². The fourth-order valence-corrected chi connectivity index (χ4v) is 1.93. The van der Waals surface area contributed by atoms with E-state index >= 15 is 0 Å². The summed E-state index contributed by atoms with van der Waals surface area (Å²) in [6, 6.07) is 13.8. The molecule has 0 heterocycles. The maximum atomic E-state index is 5.69. The zero-order valence-corrected chi connectivity index (χ0v) is 13.5. The molecular formula is C18H22N2O2. The molecule has 0 spiro atoms. The van der Waals surface area contributed by atoms with Crippen LogP contribution >= 0.6 is 0 Å². The second-order valence-electron chi connectivity index (χ2n) is 5.31. The summed E-state index contributed by atoms with van der Waals surface area (Å²) in [6.45, 7) is 6.03. The summed E-state index contributed by atoms with van der Waals surface area (Å²) < 4.78 is 11.0. The first-order chi connectivity index (χ1) is 10.6. The molecule has 0 saturated carbocycles. The van der Waals surface area contributed by atoms with Crippen molar-refractivity contribution >= 4 is 11.9 Å². The van der Waals surface area contributed by atoms with Crippen molar-refractivity contribution in [2.75, 3.05) is 12.5 Å². The van der Waals surface area contributed by atoms with Gasteiger partial charge in [-0.15, -0.1) is 0 Å². The third-order valence-corrected chi connectivity index (χ3v) is 3.01. The van der Waals surface area contributed by atoms with Gasteiger partial charge in [0.2, 0.25) is 0 Å². The highest BCUT2D eigenvalue weighted by Crippen LogP contribution is 2.28. The van der Waals surface area contributed by atoms with Crippen LogP contribution in [0.4, 0.5) is 5.69 Å². The minimum Gasteiger partial charge on any atom is -0.493 e. The number of ether oxygens (including phenoxy) is 2. The van der Waals surface area contributed by atoms with Crippen LogP contribution in [0.2, 0.25) is 0 Å². The number of hydrogen-bond acceptors (Lipinski definition) is 4. The van der Waals surface area contributed by atoms with E-state index < -0.39 is 0 Å². The van der Waals surface area contributed by atoms with Gasteiger partial charge in [-0.05, 0) is 56.7 Å². The fourth-order valence-electron chi connectivity index (χ4n) is 1.93. The summed E-state index contributed by atoms with van der Waals surface area (Å²) in [4.78, 5) is 0. The molecule has 0 saturated heterocycles. The molecule has 0 unspecified atom stereocenters. The van der Waals surface area contributed by atoms with E-state index in [9.17, 15) is 0 Å². The molecule has 4 nitrogen and oxygen atoms in total. The largest absolute Gasteiger partial charge is 0.493 e. The van der Waals surface area contributed by atoms with Crippen molar-refractivity contribution in [3.8, 4) is 11.5 Å². The first-order valence-electron chi connectivity index (χ1n) is 7.29. The molecule has 0 atom stereocenters. The Hall–Kier alpha value is -2.49. The van der Waals surface area contributed by atoms with Gasteiger partial charge in [0.05, 0.1) is 25.1 Å². The maximum Gasteiger partial charge on any atom is 0.161 e. The SMILES string of the molecule is COc1cc(/C=N/Nc2ccc(C)cc2)ccc1OC(C)C. The zero-order valence-electron chi connectivity index (χ0n) is 13.5. The zero-order chi connectivity index (χ0) is 15.9. The lowest BCUT2D eigenvalue weighted by Gasteiger charge is -2.13. The van der Waals surface area contributed by atoms with Crippen LogP contribution in [0.25, 0.3) is 0 Å². The van der Waals surface area contributed by atoms with Gasteiger partial charge in [0.15, 0.2) is 11.5 Å². The number of anilines is 1. The van der Waals surface area contributed by atoms with Crippen LogP contribution < -0.4 is 14.9 Å². The first-order valence-corrected chi connectivity index (χ1v) is 7.29. The number of benzene rings is 2. The normalized spacial score (nSPS) is 11.0. The topological polar surface area (TPSA) is 42.8 Å². The Morgan fingerprint density at radius 1 is 1.05 bits per heavy atom. The molecule has 2 rings (SSSR count). The molecule has 0 aliphatic heterocycles. The third kappa shape index (κ3) is 4.52. The van der Waals surface area contributed by atoms with Crippen molar-refractivity contribution in [2.45, 2.75) is 26.9 Å². The van der Waals surface area contributed by atoms with E-state index in [-0.39, 0.29) is 6.10 Å². The summed E-state index contributed by atoms with van der Waals surface area (Å²) in [5.74, 6) is 1.44. The highest BCUT2D eigenvalue weighted by molar-refractivity contribution is 5.81. The highest BCUT2D eigenvalue weighted by Gasteiger charge is 2.06. The Bertz CT molecular complexity index is 634. The highest BCUT2D eigenvalue weighted by atomic mass is 16.5. The molecule has 116 valence electrons. The van der Waals surface area contributed by atoms with Crippen LogP contribution in [0.1, 0.15) is 25.0 Å². The standard InChI is InChI=1S/C18H22N2O2/c1-13(2)22-17-10-7-15(11-18(17)21-4)12-19-20-16-8-5-14(3)6-9-16/h5-13,20H,1-4H3/b19-12+. The van der Waals surface area contributed by atoms with E-state index in [1.54, 1.807) is 13.3 Å². The summed E-state index contributed by atoms with van der Waals surface area (Å²) in [5, 5.41) is 4.24. The van der Waals surface area contributed by atoms with Crippen molar-refractivity contribution in [1.29, 1.82) is 0 Å². The molecule has 0 aliphatic rings. The Kier molecular flexibility index (Phi) is 5.42. The Balaban J connectivity index is 2.05. The van der Waals surface area contributed by atoms with Crippen molar-refractivity contribution in [3.05, 3.63) is 53.6 Å². The Morgan fingerprint density at radius 3 is 2.41 bits per heavy atom. The van der Waals surface area contributed by atoms with E-state index in [4.69, 9.17) is 9.47 Å². The molecule has 1 N–H and O–H groups in total. The quantitative estimate of drug-likeness (QED) is 0.641. The van der Waals surface area contributed by atoms with Gasteiger partial charge in [0.1, 0.15) is 0 Å². The predicted octanol–water partition coefficient (Wildman–Crippen LogP) is 4.24. The van der Waals surface area contributed by atoms with Crippen molar-refractivity contribution < 1.29 is 9.47 Å². The van der Waals surface area contributed by atoms with E-state index in [2.05, 4.69) is 17.5 Å². The average molecular weight is 298 g/mol. The lowest BCUT2D eigenvalue weighted by Crippen LogP contribution is -2.06. The van der Waals surface area contributed by atoms with Gasteiger partial charge in [0.25, 0.3) is 0 Å². The third-order valence-electron chi connectivity index (χ3n) is 3.01. The van der Waals surface area contributed by atoms with Crippen LogP contribution in [-0.4, -0.2) is 19.4 Å². The van der Waals surface area contributed by atoms with E-state index in [1.807, 2.05) is 56.3 Å². The number of nitrogens with zero attached hydrogens (tertiary/aromatic N) is 1. The molecule has 2 aromatic rings. The monoisotopic (exact) mass is 298 g/mol. The van der Waals surface area contributed by atoms with Crippen molar-refractivity contribution in [1.82, 2.24) is 0 Å². The minimum absolute atomic E-state index is 0.108. The Morgan fingerprint density at radius 2 is 1.77 bits per heavy atom. The number of hydrogen-bond donors (Lipinski definition) is 1. The number of rotatable bonds is 6. The second-order valence-corrected chi connectivity index (χ2v) is 5.31. The maximum absolute atomic E-state index is 5.69. The number of nitrogens with one attached hydrogen (secondary N) is 1. The van der Waals surface area contributed by atoms with E-state index in [0.717, 1.165) is 17.0 Å². The molecule has 0 bridgehead atoms. The van der Waals surface area contributed by atoms with Gasteiger partial charge >= 0.3 is 0 Å². The smallest absolute Gasteiger partial charge is 0.161 e. The van der Waals surface area contributed by atoms with Gasteiger partial charge in [-0.25, -0.2) is 0 Å². The van der Waals surface area contributed by atoms with Crippen LogP contribution in [0.3, 0.4) is 0 Å². The molecule has 2 aromatic carbocycles. The molecule has 0 fully saturated rings. The summed E-state index contributed by atoms with van der Waals surface area (Å²) in [7, 11) is 1.63. The van der Waals surface area contributed by atoms with Gasteiger partial charge in [-0.1, -0.05) is 17.7 Å². The molecular weight excluding hydrogens is 276 g/mol. The second kappa shape index (κ2) is 7.50. The lowest BCUT2D eigenvalue weighted by atomic mass is 10.2. The number of methoxy groups -OCH3 is 1. The fraction of sp³-hybridized carbons (Fsp3) is 0.278. The number of aryl methyl sites for hydroxylation is 1. The van der Waals surface area contributed by atoms with Gasteiger partial charge < -0.3 is 9.47 Å². The number of hydrazone groups is 1. The predicted molar refractivity (Wildman–Crippen MR) is 91.2 cm³/mol. The minimum atomic E-state index is 0.108. The average Bonchev–Trinajstić information content (AvgIpc) is 2.50. The molecule has 4 heteroatoms. The molecule has 22 heavy (non-hydrogen) atoms. The summed E-state index contributed by atoms with van der Waals surface area (Å²) >= 11 is 0. The Labute approximate surface area is 131 Å². The molecule has 0 amide bonds. The molecule has 0 aromatic heterocycles. The van der Waals surface area contributed by atoms with Crippen LogP contribution in [-0.2, 0) is 0 Å². The van der Waals surface area contributed by atoms with Gasteiger partial charge in [-0.2, -0.15) is 5.10 Å². The summed E-state index contributed by atoms with van der Waals surface area (Å²) in [5.41, 5.74) is 6.11. The first kappa shape index (κ1) is 15.9. The van der Waals surface area contributed by atoms with E-state index in [0.29, 0.717) is 5.75 Å². The lowest BCUT2D eigenvalue weighted by molar-refractivity contribution is 0.230. The van der Waals surface area contributed by atoms with Crippen molar-refractivity contribution in [3.63, 3.8) is 0 Å². The van der Waals surface area contributed by atoms with Crippen LogP contribution in [0.5, 0.6) is 11.5 Å². The van der Waals surface area contributed by atoms with Crippen LogP contribution in [0.15, 0.2) is 47.6 Å².